The third-order valence-electron chi connectivity index (χ3n) is 3.06. The highest BCUT2D eigenvalue weighted by molar-refractivity contribution is 5.77. The van der Waals surface area contributed by atoms with Gasteiger partial charge in [-0.1, -0.05) is 20.8 Å². The van der Waals surface area contributed by atoms with E-state index < -0.39 is 0 Å². The lowest BCUT2D eigenvalue weighted by Crippen LogP contribution is -2.12. The van der Waals surface area contributed by atoms with Gasteiger partial charge in [0, 0.05) is 6.04 Å². The standard InChI is InChI=1S/C14H19FN2/c1-9(2)17-8-16-13-11(15)6-10(7-12(13)17)14(3,4)5/h6-9H,1-5H3. The second kappa shape index (κ2) is 3.83. The van der Waals surface area contributed by atoms with Crippen LogP contribution in [0.25, 0.3) is 11.0 Å². The van der Waals surface area contributed by atoms with E-state index in [0.29, 0.717) is 5.52 Å². The maximum Gasteiger partial charge on any atom is 0.151 e. The summed E-state index contributed by atoms with van der Waals surface area (Å²) in [6.45, 7) is 10.4. The summed E-state index contributed by atoms with van der Waals surface area (Å²) in [5.41, 5.74) is 2.29. The van der Waals surface area contributed by atoms with Crippen LogP contribution in [0.4, 0.5) is 4.39 Å². The smallest absolute Gasteiger partial charge is 0.151 e. The van der Waals surface area contributed by atoms with Gasteiger partial charge in [-0.15, -0.1) is 0 Å². The van der Waals surface area contributed by atoms with Crippen LogP contribution < -0.4 is 0 Å². The molecule has 0 aliphatic rings. The average Bonchev–Trinajstić information content (AvgIpc) is 2.60. The van der Waals surface area contributed by atoms with Gasteiger partial charge < -0.3 is 4.57 Å². The summed E-state index contributed by atoms with van der Waals surface area (Å²) in [5.74, 6) is -0.230. The van der Waals surface area contributed by atoms with Crippen molar-refractivity contribution < 1.29 is 4.39 Å². The van der Waals surface area contributed by atoms with Crippen molar-refractivity contribution in [3.63, 3.8) is 0 Å². The molecule has 1 heterocycles. The number of imidazole rings is 1. The van der Waals surface area contributed by atoms with Gasteiger partial charge in [0.2, 0.25) is 0 Å². The van der Waals surface area contributed by atoms with Gasteiger partial charge in [-0.05, 0) is 37.0 Å². The molecule has 2 rings (SSSR count). The molecule has 2 nitrogen and oxygen atoms in total. The molecule has 0 radical (unpaired) electrons. The molecular weight excluding hydrogens is 215 g/mol. The lowest BCUT2D eigenvalue weighted by atomic mass is 9.87. The molecule has 0 unspecified atom stereocenters. The Hall–Kier alpha value is -1.38. The minimum absolute atomic E-state index is 0.0545. The van der Waals surface area contributed by atoms with Crippen LogP contribution in [0, 0.1) is 5.82 Å². The molecule has 0 saturated carbocycles. The fraction of sp³-hybridized carbons (Fsp3) is 0.500. The zero-order valence-corrected chi connectivity index (χ0v) is 11.1. The average molecular weight is 234 g/mol. The van der Waals surface area contributed by atoms with Crippen molar-refractivity contribution >= 4 is 11.0 Å². The summed E-state index contributed by atoms with van der Waals surface area (Å²) >= 11 is 0. The molecule has 0 atom stereocenters. The SMILES string of the molecule is CC(C)n1cnc2c(F)cc(C(C)(C)C)cc21. The molecule has 0 bridgehead atoms. The Balaban J connectivity index is 2.74. The number of hydrogen-bond acceptors (Lipinski definition) is 1. The van der Waals surface area contributed by atoms with Crippen LogP contribution in [0.15, 0.2) is 18.5 Å². The maximum absolute atomic E-state index is 14.0. The lowest BCUT2D eigenvalue weighted by Gasteiger charge is -2.20. The number of fused-ring (bicyclic) bond motifs is 1. The van der Waals surface area contributed by atoms with E-state index >= 15 is 0 Å². The first kappa shape index (κ1) is 12.1. The van der Waals surface area contributed by atoms with Crippen molar-refractivity contribution in [2.24, 2.45) is 0 Å². The topological polar surface area (TPSA) is 17.8 Å². The maximum atomic E-state index is 14.0. The van der Waals surface area contributed by atoms with Gasteiger partial charge in [0.05, 0.1) is 11.8 Å². The van der Waals surface area contributed by atoms with Gasteiger partial charge in [-0.25, -0.2) is 9.37 Å². The Labute approximate surface area is 101 Å². The van der Waals surface area contributed by atoms with Crippen LogP contribution in [0.3, 0.4) is 0 Å². The number of rotatable bonds is 1. The van der Waals surface area contributed by atoms with E-state index in [1.54, 1.807) is 12.4 Å². The zero-order chi connectivity index (χ0) is 12.8. The Morgan fingerprint density at radius 3 is 2.41 bits per heavy atom. The van der Waals surface area contributed by atoms with Gasteiger partial charge in [-0.2, -0.15) is 0 Å². The molecule has 0 N–H and O–H groups in total. The highest BCUT2D eigenvalue weighted by Gasteiger charge is 2.18. The van der Waals surface area contributed by atoms with Gasteiger partial charge in [0.1, 0.15) is 5.52 Å². The van der Waals surface area contributed by atoms with Crippen molar-refractivity contribution in [3.8, 4) is 0 Å². The fourth-order valence-electron chi connectivity index (χ4n) is 1.94. The van der Waals surface area contributed by atoms with E-state index in [9.17, 15) is 4.39 Å². The summed E-state index contributed by atoms with van der Waals surface area (Å²) in [6.07, 6.45) is 1.71. The Kier molecular flexibility index (Phi) is 2.72. The van der Waals surface area contributed by atoms with E-state index in [1.807, 2.05) is 10.6 Å². The monoisotopic (exact) mass is 234 g/mol. The Morgan fingerprint density at radius 2 is 1.88 bits per heavy atom. The second-order valence-electron chi connectivity index (χ2n) is 5.82. The van der Waals surface area contributed by atoms with Crippen LogP contribution in [-0.2, 0) is 5.41 Å². The van der Waals surface area contributed by atoms with Crippen molar-refractivity contribution in [2.75, 3.05) is 0 Å². The minimum atomic E-state index is -0.230. The minimum Gasteiger partial charge on any atom is -0.328 e. The molecule has 3 heteroatoms. The van der Waals surface area contributed by atoms with E-state index in [1.165, 1.54) is 0 Å². The number of hydrogen-bond donors (Lipinski definition) is 0. The molecule has 92 valence electrons. The van der Waals surface area contributed by atoms with Crippen molar-refractivity contribution in [1.29, 1.82) is 0 Å². The van der Waals surface area contributed by atoms with Crippen LogP contribution >= 0.6 is 0 Å². The van der Waals surface area contributed by atoms with E-state index in [0.717, 1.165) is 11.1 Å². The normalized spacial score (nSPS) is 12.6. The molecule has 0 saturated heterocycles. The van der Waals surface area contributed by atoms with Crippen molar-refractivity contribution in [3.05, 3.63) is 29.8 Å². The van der Waals surface area contributed by atoms with Crippen molar-refractivity contribution in [1.82, 2.24) is 9.55 Å². The summed E-state index contributed by atoms with van der Waals surface area (Å²) in [6, 6.07) is 3.93. The predicted octanol–water partition coefficient (Wildman–Crippen LogP) is 4.05. The molecule has 2 aromatic rings. The van der Waals surface area contributed by atoms with Crippen LogP contribution in [0.1, 0.15) is 46.2 Å². The fourth-order valence-corrected chi connectivity index (χ4v) is 1.94. The summed E-state index contributed by atoms with van der Waals surface area (Å²) < 4.78 is 16.0. The van der Waals surface area contributed by atoms with E-state index in [2.05, 4.69) is 39.6 Å². The molecule has 0 amide bonds. The van der Waals surface area contributed by atoms with Gasteiger partial charge in [0.25, 0.3) is 0 Å². The second-order valence-corrected chi connectivity index (χ2v) is 5.82. The summed E-state index contributed by atoms with van der Waals surface area (Å²) in [4.78, 5) is 4.15. The first-order valence-electron chi connectivity index (χ1n) is 5.97. The lowest BCUT2D eigenvalue weighted by molar-refractivity contribution is 0.574. The quantitative estimate of drug-likeness (QED) is 0.727. The van der Waals surface area contributed by atoms with Crippen LogP contribution in [0.5, 0.6) is 0 Å². The Morgan fingerprint density at radius 1 is 1.24 bits per heavy atom. The van der Waals surface area contributed by atoms with Gasteiger partial charge in [-0.3, -0.25) is 0 Å². The zero-order valence-electron chi connectivity index (χ0n) is 11.1. The number of halogens is 1. The largest absolute Gasteiger partial charge is 0.328 e. The van der Waals surface area contributed by atoms with E-state index in [4.69, 9.17) is 0 Å². The summed E-state index contributed by atoms with van der Waals surface area (Å²) in [7, 11) is 0. The highest BCUT2D eigenvalue weighted by atomic mass is 19.1. The van der Waals surface area contributed by atoms with Gasteiger partial charge in [0.15, 0.2) is 5.82 Å². The number of aromatic nitrogens is 2. The first-order chi connectivity index (χ1) is 7.80. The highest BCUT2D eigenvalue weighted by Crippen LogP contribution is 2.28. The molecular formula is C14H19FN2. The molecule has 0 spiro atoms. The molecule has 0 fully saturated rings. The summed E-state index contributed by atoms with van der Waals surface area (Å²) in [5, 5.41) is 0. The van der Waals surface area contributed by atoms with E-state index in [-0.39, 0.29) is 17.3 Å². The molecule has 1 aromatic carbocycles. The van der Waals surface area contributed by atoms with Crippen LogP contribution in [-0.4, -0.2) is 9.55 Å². The number of nitrogens with zero attached hydrogens (tertiary/aromatic N) is 2. The first-order valence-corrected chi connectivity index (χ1v) is 5.97. The van der Waals surface area contributed by atoms with Crippen LogP contribution in [0.2, 0.25) is 0 Å². The Bertz CT molecular complexity index is 547. The number of benzene rings is 1. The molecule has 17 heavy (non-hydrogen) atoms. The van der Waals surface area contributed by atoms with Crippen molar-refractivity contribution in [2.45, 2.75) is 46.1 Å². The molecule has 0 aliphatic carbocycles. The molecule has 0 aliphatic heterocycles. The third-order valence-corrected chi connectivity index (χ3v) is 3.06. The van der Waals surface area contributed by atoms with Gasteiger partial charge >= 0.3 is 0 Å². The third kappa shape index (κ3) is 2.06. The predicted molar refractivity (Wildman–Crippen MR) is 68.8 cm³/mol. The molecule has 1 aromatic heterocycles.